The number of nitrogens with one attached hydrogen (secondary N) is 1. The molecule has 98 valence electrons. The molecule has 1 fully saturated rings. The van der Waals surface area contributed by atoms with E-state index in [4.69, 9.17) is 0 Å². The number of benzene rings is 1. The molecule has 1 heterocycles. The second-order valence-electron chi connectivity index (χ2n) is 5.03. The molecule has 4 heteroatoms. The number of aryl methyl sites for hydroxylation is 1. The van der Waals surface area contributed by atoms with Crippen LogP contribution in [-0.2, 0) is 4.79 Å². The fraction of sp³-hybridized carbons (Fsp3) is 0.500. The third-order valence-corrected chi connectivity index (χ3v) is 4.21. The van der Waals surface area contributed by atoms with E-state index in [0.29, 0.717) is 0 Å². The molecular weight excluding hydrogens is 339 g/mol. The highest BCUT2D eigenvalue weighted by Gasteiger charge is 2.23. The van der Waals surface area contributed by atoms with Crippen LogP contribution in [0, 0.1) is 16.4 Å². The van der Waals surface area contributed by atoms with Gasteiger partial charge >= 0.3 is 0 Å². The van der Waals surface area contributed by atoms with Crippen LogP contribution in [0.5, 0.6) is 0 Å². The number of halogens is 1. The second kappa shape index (κ2) is 6.02. The van der Waals surface area contributed by atoms with Gasteiger partial charge in [-0.2, -0.15) is 0 Å². The Labute approximate surface area is 122 Å². The van der Waals surface area contributed by atoms with Crippen molar-refractivity contribution in [3.8, 4) is 0 Å². The average Bonchev–Trinajstić information content (AvgIpc) is 2.33. The van der Waals surface area contributed by atoms with E-state index >= 15 is 0 Å². The predicted molar refractivity (Wildman–Crippen MR) is 82.7 cm³/mol. The van der Waals surface area contributed by atoms with E-state index in [0.717, 1.165) is 37.2 Å². The third-order valence-electron chi connectivity index (χ3n) is 3.54. The van der Waals surface area contributed by atoms with Crippen molar-refractivity contribution < 1.29 is 4.79 Å². The third kappa shape index (κ3) is 3.45. The van der Waals surface area contributed by atoms with Gasteiger partial charge in [0.25, 0.3) is 0 Å². The van der Waals surface area contributed by atoms with E-state index in [1.165, 1.54) is 3.57 Å². The summed E-state index contributed by atoms with van der Waals surface area (Å²) in [4.78, 5) is 14.5. The number of carbonyl (C=O) groups excluding carboxylic acids is 1. The number of likely N-dealkylation sites (tertiary alicyclic amines) is 1. The van der Waals surface area contributed by atoms with Crippen molar-refractivity contribution in [2.45, 2.75) is 19.8 Å². The predicted octanol–water partition coefficient (Wildman–Crippen LogP) is 2.88. The maximum absolute atomic E-state index is 12.2. The average molecular weight is 358 g/mol. The molecule has 0 radical (unpaired) electrons. The molecule has 2 rings (SSSR count). The molecule has 3 nitrogen and oxygen atoms in total. The minimum Gasteiger partial charge on any atom is -0.326 e. The van der Waals surface area contributed by atoms with Crippen molar-refractivity contribution in [1.29, 1.82) is 0 Å². The largest absolute Gasteiger partial charge is 0.326 e. The molecule has 1 saturated heterocycles. The van der Waals surface area contributed by atoms with Gasteiger partial charge < -0.3 is 10.2 Å². The Balaban J connectivity index is 1.98. The number of anilines is 1. The minimum absolute atomic E-state index is 0.167. The quantitative estimate of drug-likeness (QED) is 0.825. The topological polar surface area (TPSA) is 32.3 Å². The van der Waals surface area contributed by atoms with Gasteiger partial charge in [0, 0.05) is 15.2 Å². The molecule has 0 spiro atoms. The van der Waals surface area contributed by atoms with Crippen molar-refractivity contribution in [2.24, 2.45) is 5.92 Å². The molecule has 18 heavy (non-hydrogen) atoms. The second-order valence-corrected chi connectivity index (χ2v) is 6.27. The molecule has 0 saturated carbocycles. The lowest BCUT2D eigenvalue weighted by atomic mass is 9.96. The molecule has 1 aliphatic heterocycles. The fourth-order valence-electron chi connectivity index (χ4n) is 2.27. The van der Waals surface area contributed by atoms with Crippen molar-refractivity contribution in [2.75, 3.05) is 25.5 Å². The van der Waals surface area contributed by atoms with Crippen LogP contribution in [-0.4, -0.2) is 30.9 Å². The minimum atomic E-state index is 0.167. The van der Waals surface area contributed by atoms with E-state index in [1.54, 1.807) is 0 Å². The summed E-state index contributed by atoms with van der Waals surface area (Å²) < 4.78 is 1.20. The zero-order valence-electron chi connectivity index (χ0n) is 10.9. The van der Waals surface area contributed by atoms with Gasteiger partial charge in [0.1, 0.15) is 0 Å². The molecule has 1 aliphatic rings. The lowest BCUT2D eigenvalue weighted by molar-refractivity contribution is -0.121. The van der Waals surface area contributed by atoms with E-state index in [9.17, 15) is 4.79 Å². The first kappa shape index (κ1) is 13.8. The zero-order valence-corrected chi connectivity index (χ0v) is 13.0. The van der Waals surface area contributed by atoms with Gasteiger partial charge in [-0.15, -0.1) is 0 Å². The van der Waals surface area contributed by atoms with E-state index in [2.05, 4.69) is 45.9 Å². The Morgan fingerprint density at radius 2 is 2.06 bits per heavy atom. The Morgan fingerprint density at radius 1 is 1.39 bits per heavy atom. The number of nitrogens with zero attached hydrogens (tertiary/aromatic N) is 1. The summed E-state index contributed by atoms with van der Waals surface area (Å²) in [5.74, 6) is 0.340. The number of amides is 1. The van der Waals surface area contributed by atoms with Gasteiger partial charge in [0.15, 0.2) is 0 Å². The summed E-state index contributed by atoms with van der Waals surface area (Å²) in [6.45, 7) is 4.07. The monoisotopic (exact) mass is 358 g/mol. The SMILES string of the molecule is Cc1cc(I)ccc1NC(=O)C1CCN(C)CC1. The van der Waals surface area contributed by atoms with Crippen molar-refractivity contribution in [3.63, 3.8) is 0 Å². The number of hydrogen-bond acceptors (Lipinski definition) is 2. The van der Waals surface area contributed by atoms with E-state index in [1.807, 2.05) is 19.1 Å². The molecule has 0 bridgehead atoms. The summed E-state index contributed by atoms with van der Waals surface area (Å²) in [5.41, 5.74) is 2.07. The summed E-state index contributed by atoms with van der Waals surface area (Å²) in [6.07, 6.45) is 1.93. The molecule has 0 atom stereocenters. The molecule has 1 N–H and O–H groups in total. The highest BCUT2D eigenvalue weighted by atomic mass is 127. The zero-order chi connectivity index (χ0) is 13.1. The Hall–Kier alpha value is -0.620. The van der Waals surface area contributed by atoms with Crippen molar-refractivity contribution >= 4 is 34.2 Å². The Kier molecular flexibility index (Phi) is 4.61. The molecule has 1 amide bonds. The van der Waals surface area contributed by atoms with Crippen molar-refractivity contribution in [1.82, 2.24) is 4.90 Å². The highest BCUT2D eigenvalue weighted by molar-refractivity contribution is 14.1. The lowest BCUT2D eigenvalue weighted by Crippen LogP contribution is -2.36. The number of rotatable bonds is 2. The van der Waals surface area contributed by atoms with Crippen LogP contribution in [0.15, 0.2) is 18.2 Å². The number of carbonyl (C=O) groups is 1. The van der Waals surface area contributed by atoms with E-state index < -0.39 is 0 Å². The van der Waals surface area contributed by atoms with Crippen LogP contribution < -0.4 is 5.32 Å². The highest BCUT2D eigenvalue weighted by Crippen LogP contribution is 2.21. The summed E-state index contributed by atoms with van der Waals surface area (Å²) >= 11 is 2.28. The van der Waals surface area contributed by atoms with Gasteiger partial charge in [-0.25, -0.2) is 0 Å². The van der Waals surface area contributed by atoms with Crippen LogP contribution >= 0.6 is 22.6 Å². The summed E-state index contributed by atoms with van der Waals surface area (Å²) in [7, 11) is 2.11. The Morgan fingerprint density at radius 3 is 2.67 bits per heavy atom. The Bertz CT molecular complexity index is 439. The number of hydrogen-bond donors (Lipinski definition) is 1. The molecule has 0 aromatic heterocycles. The van der Waals surface area contributed by atoms with Crippen LogP contribution in [0.1, 0.15) is 18.4 Å². The summed E-state index contributed by atoms with van der Waals surface area (Å²) in [6, 6.07) is 6.10. The standard InChI is InChI=1S/C14H19IN2O/c1-10-9-12(15)3-4-13(10)16-14(18)11-5-7-17(2)8-6-11/h3-4,9,11H,5-8H2,1-2H3,(H,16,18). The van der Waals surface area contributed by atoms with Crippen LogP contribution in [0.2, 0.25) is 0 Å². The first-order valence-corrected chi connectivity index (χ1v) is 7.39. The fourth-order valence-corrected chi connectivity index (χ4v) is 2.92. The molecular formula is C14H19IN2O. The number of piperidine rings is 1. The first-order valence-electron chi connectivity index (χ1n) is 6.32. The lowest BCUT2D eigenvalue weighted by Gasteiger charge is -2.28. The van der Waals surface area contributed by atoms with Gasteiger partial charge in [-0.3, -0.25) is 4.79 Å². The molecule has 0 aliphatic carbocycles. The smallest absolute Gasteiger partial charge is 0.227 e. The molecule has 1 aromatic rings. The van der Waals surface area contributed by atoms with Gasteiger partial charge in [-0.05, 0) is 86.3 Å². The van der Waals surface area contributed by atoms with Crippen LogP contribution in [0.25, 0.3) is 0 Å². The van der Waals surface area contributed by atoms with Crippen LogP contribution in [0.4, 0.5) is 5.69 Å². The maximum Gasteiger partial charge on any atom is 0.227 e. The van der Waals surface area contributed by atoms with Gasteiger partial charge in [0.2, 0.25) is 5.91 Å². The normalized spacial score (nSPS) is 17.7. The molecule has 0 unspecified atom stereocenters. The maximum atomic E-state index is 12.2. The molecule has 1 aromatic carbocycles. The first-order chi connectivity index (χ1) is 8.56. The summed E-state index contributed by atoms with van der Waals surface area (Å²) in [5, 5.41) is 3.06. The van der Waals surface area contributed by atoms with E-state index in [-0.39, 0.29) is 11.8 Å². The van der Waals surface area contributed by atoms with Gasteiger partial charge in [-0.1, -0.05) is 0 Å². The van der Waals surface area contributed by atoms with Gasteiger partial charge in [0.05, 0.1) is 0 Å². The van der Waals surface area contributed by atoms with Crippen LogP contribution in [0.3, 0.4) is 0 Å². The van der Waals surface area contributed by atoms with Crippen molar-refractivity contribution in [3.05, 3.63) is 27.3 Å².